The standard InChI is InChI=1S/C21H24N2O2/c1-14-9-10-19(11-15(14)2)22-21(25)18-12-20(24)23(13-18)16(3)17-7-5-4-6-8-17/h4-11,16,18H,12-13H2,1-3H3,(H,22,25)/t16-,18+/m1/s1. The van der Waals surface area contributed by atoms with Gasteiger partial charge in [-0.25, -0.2) is 0 Å². The molecule has 0 bridgehead atoms. The number of carbonyl (C=O) groups is 2. The fourth-order valence-electron chi connectivity index (χ4n) is 3.26. The molecule has 2 aromatic rings. The molecule has 0 radical (unpaired) electrons. The van der Waals surface area contributed by atoms with Gasteiger partial charge < -0.3 is 10.2 Å². The highest BCUT2D eigenvalue weighted by atomic mass is 16.2. The minimum Gasteiger partial charge on any atom is -0.335 e. The van der Waals surface area contributed by atoms with Crippen LogP contribution in [-0.4, -0.2) is 23.3 Å². The van der Waals surface area contributed by atoms with Crippen LogP contribution in [0.1, 0.15) is 36.1 Å². The largest absolute Gasteiger partial charge is 0.335 e. The van der Waals surface area contributed by atoms with Crippen LogP contribution in [0.15, 0.2) is 48.5 Å². The van der Waals surface area contributed by atoms with Gasteiger partial charge in [0.05, 0.1) is 12.0 Å². The Morgan fingerprint density at radius 1 is 1.12 bits per heavy atom. The average Bonchev–Trinajstić information content (AvgIpc) is 3.00. The molecule has 1 fully saturated rings. The van der Waals surface area contributed by atoms with Crippen LogP contribution in [0.4, 0.5) is 5.69 Å². The summed E-state index contributed by atoms with van der Waals surface area (Å²) in [6, 6.07) is 15.8. The molecule has 4 nitrogen and oxygen atoms in total. The summed E-state index contributed by atoms with van der Waals surface area (Å²) < 4.78 is 0. The molecule has 2 atom stereocenters. The van der Waals surface area contributed by atoms with E-state index in [0.29, 0.717) is 6.54 Å². The van der Waals surface area contributed by atoms with Gasteiger partial charge >= 0.3 is 0 Å². The number of hydrogen-bond acceptors (Lipinski definition) is 2. The van der Waals surface area contributed by atoms with E-state index in [0.717, 1.165) is 16.8 Å². The number of aryl methyl sites for hydroxylation is 2. The first-order chi connectivity index (χ1) is 12.0. The molecule has 1 aliphatic heterocycles. The van der Waals surface area contributed by atoms with Crippen molar-refractivity contribution in [3.05, 3.63) is 65.2 Å². The summed E-state index contributed by atoms with van der Waals surface area (Å²) in [6.07, 6.45) is 0.272. The molecule has 0 unspecified atom stereocenters. The molecule has 1 aliphatic rings. The molecule has 0 aromatic heterocycles. The molecule has 0 saturated carbocycles. The molecule has 1 N–H and O–H groups in total. The number of carbonyl (C=O) groups excluding carboxylic acids is 2. The first kappa shape index (κ1) is 17.2. The molecule has 25 heavy (non-hydrogen) atoms. The zero-order chi connectivity index (χ0) is 18.0. The molecule has 1 heterocycles. The van der Waals surface area contributed by atoms with Crippen LogP contribution >= 0.6 is 0 Å². The summed E-state index contributed by atoms with van der Waals surface area (Å²) in [7, 11) is 0. The summed E-state index contributed by atoms with van der Waals surface area (Å²) in [6.45, 7) is 6.54. The molecular formula is C21H24N2O2. The van der Waals surface area contributed by atoms with Gasteiger partial charge in [0.25, 0.3) is 0 Å². The third kappa shape index (κ3) is 3.73. The lowest BCUT2D eigenvalue weighted by molar-refractivity contribution is -0.129. The minimum absolute atomic E-state index is 0.0203. The molecule has 2 aromatic carbocycles. The summed E-state index contributed by atoms with van der Waals surface area (Å²) in [5.74, 6) is -0.351. The third-order valence-electron chi connectivity index (χ3n) is 5.05. The van der Waals surface area contributed by atoms with Gasteiger partial charge in [-0.1, -0.05) is 36.4 Å². The lowest BCUT2D eigenvalue weighted by atomic mass is 10.1. The van der Waals surface area contributed by atoms with E-state index in [1.807, 2.05) is 69.3 Å². The Kier molecular flexibility index (Phi) is 4.88. The van der Waals surface area contributed by atoms with Crippen LogP contribution in [0, 0.1) is 19.8 Å². The number of rotatable bonds is 4. The third-order valence-corrected chi connectivity index (χ3v) is 5.05. The van der Waals surface area contributed by atoms with Gasteiger partial charge in [0.15, 0.2) is 0 Å². The minimum atomic E-state index is -0.305. The van der Waals surface area contributed by atoms with Crippen molar-refractivity contribution in [2.45, 2.75) is 33.2 Å². The fraction of sp³-hybridized carbons (Fsp3) is 0.333. The molecule has 130 valence electrons. The molecule has 0 aliphatic carbocycles. The number of nitrogens with zero attached hydrogens (tertiary/aromatic N) is 1. The molecular weight excluding hydrogens is 312 g/mol. The van der Waals surface area contributed by atoms with Crippen LogP contribution in [0.3, 0.4) is 0 Å². The molecule has 4 heteroatoms. The van der Waals surface area contributed by atoms with E-state index in [1.54, 1.807) is 4.90 Å². The van der Waals surface area contributed by atoms with Gasteiger partial charge in [-0.15, -0.1) is 0 Å². The van der Waals surface area contributed by atoms with Gasteiger partial charge in [0, 0.05) is 18.7 Å². The van der Waals surface area contributed by atoms with Gasteiger partial charge in [0.1, 0.15) is 0 Å². The maximum absolute atomic E-state index is 12.6. The van der Waals surface area contributed by atoms with E-state index in [2.05, 4.69) is 5.32 Å². The maximum atomic E-state index is 12.6. The summed E-state index contributed by atoms with van der Waals surface area (Å²) in [4.78, 5) is 26.8. The zero-order valence-electron chi connectivity index (χ0n) is 15.0. The number of likely N-dealkylation sites (tertiary alicyclic amines) is 1. The lowest BCUT2D eigenvalue weighted by Gasteiger charge is -2.25. The monoisotopic (exact) mass is 336 g/mol. The SMILES string of the molecule is Cc1ccc(NC(=O)[C@H]2CC(=O)N([C@H](C)c3ccccc3)C2)cc1C. The number of nitrogens with one attached hydrogen (secondary N) is 1. The fourth-order valence-corrected chi connectivity index (χ4v) is 3.26. The Bertz CT molecular complexity index is 786. The van der Waals surface area contributed by atoms with E-state index in [-0.39, 0.29) is 30.2 Å². The van der Waals surface area contributed by atoms with E-state index in [9.17, 15) is 9.59 Å². The van der Waals surface area contributed by atoms with Crippen molar-refractivity contribution in [3.63, 3.8) is 0 Å². The molecule has 3 rings (SSSR count). The highest BCUT2D eigenvalue weighted by Gasteiger charge is 2.37. The molecule has 0 spiro atoms. The number of anilines is 1. The van der Waals surface area contributed by atoms with E-state index >= 15 is 0 Å². The highest BCUT2D eigenvalue weighted by Crippen LogP contribution is 2.29. The summed E-state index contributed by atoms with van der Waals surface area (Å²) >= 11 is 0. The Labute approximate surface area is 148 Å². The van der Waals surface area contributed by atoms with Crippen LogP contribution < -0.4 is 5.32 Å². The normalized spacial score (nSPS) is 18.3. The first-order valence-corrected chi connectivity index (χ1v) is 8.68. The Hall–Kier alpha value is -2.62. The predicted molar refractivity (Wildman–Crippen MR) is 99.2 cm³/mol. The zero-order valence-corrected chi connectivity index (χ0v) is 15.0. The van der Waals surface area contributed by atoms with Crippen molar-refractivity contribution in [1.82, 2.24) is 4.90 Å². The van der Waals surface area contributed by atoms with Crippen molar-refractivity contribution in [2.24, 2.45) is 5.92 Å². The van der Waals surface area contributed by atoms with Crippen molar-refractivity contribution in [2.75, 3.05) is 11.9 Å². The van der Waals surface area contributed by atoms with Crippen molar-refractivity contribution in [3.8, 4) is 0 Å². The van der Waals surface area contributed by atoms with E-state index in [4.69, 9.17) is 0 Å². The Morgan fingerprint density at radius 2 is 1.84 bits per heavy atom. The van der Waals surface area contributed by atoms with Crippen LogP contribution in [0.2, 0.25) is 0 Å². The van der Waals surface area contributed by atoms with Crippen molar-refractivity contribution < 1.29 is 9.59 Å². The lowest BCUT2D eigenvalue weighted by Crippen LogP contribution is -2.30. The predicted octanol–water partition coefficient (Wildman–Crippen LogP) is 3.85. The Balaban J connectivity index is 1.67. The van der Waals surface area contributed by atoms with E-state index in [1.165, 1.54) is 5.56 Å². The number of hydrogen-bond donors (Lipinski definition) is 1. The second-order valence-electron chi connectivity index (χ2n) is 6.82. The van der Waals surface area contributed by atoms with Crippen molar-refractivity contribution in [1.29, 1.82) is 0 Å². The summed E-state index contributed by atoms with van der Waals surface area (Å²) in [5, 5.41) is 2.95. The van der Waals surface area contributed by atoms with Crippen LogP contribution in [0.25, 0.3) is 0 Å². The van der Waals surface area contributed by atoms with E-state index < -0.39 is 0 Å². The van der Waals surface area contributed by atoms with Gasteiger partial charge in [-0.2, -0.15) is 0 Å². The topological polar surface area (TPSA) is 49.4 Å². The Morgan fingerprint density at radius 3 is 2.52 bits per heavy atom. The first-order valence-electron chi connectivity index (χ1n) is 8.68. The van der Waals surface area contributed by atoms with Gasteiger partial charge in [-0.05, 0) is 49.6 Å². The van der Waals surface area contributed by atoms with Crippen LogP contribution in [0.5, 0.6) is 0 Å². The number of amides is 2. The molecule has 2 amide bonds. The van der Waals surface area contributed by atoms with Crippen LogP contribution in [-0.2, 0) is 9.59 Å². The van der Waals surface area contributed by atoms with Crippen molar-refractivity contribution >= 4 is 17.5 Å². The summed E-state index contributed by atoms with van der Waals surface area (Å²) in [5.41, 5.74) is 4.21. The van der Waals surface area contributed by atoms with Gasteiger partial charge in [-0.3, -0.25) is 9.59 Å². The second-order valence-corrected chi connectivity index (χ2v) is 6.82. The molecule has 1 saturated heterocycles. The number of benzene rings is 2. The highest BCUT2D eigenvalue weighted by molar-refractivity contribution is 5.97. The maximum Gasteiger partial charge on any atom is 0.229 e. The van der Waals surface area contributed by atoms with Gasteiger partial charge in [0.2, 0.25) is 11.8 Å². The quantitative estimate of drug-likeness (QED) is 0.922. The second kappa shape index (κ2) is 7.09. The smallest absolute Gasteiger partial charge is 0.229 e. The average molecular weight is 336 g/mol.